The standard InChI is InChI=1S/C23H17BrF2N4O6/c1-10-28-22(30-36-10)13-5-3-12(4-6-13)19-20(24)35-23(29-19)16(9-33-11(2)31)34-15-8-7-14(25)17(18(15)26)21(27)32/h3-8,16H,9H2,1-2H3,(H2,27,32). The van der Waals surface area contributed by atoms with Crippen LogP contribution in [0.5, 0.6) is 5.75 Å². The fourth-order valence-electron chi connectivity index (χ4n) is 3.18. The Morgan fingerprint density at radius 1 is 1.11 bits per heavy atom. The van der Waals surface area contributed by atoms with Gasteiger partial charge in [-0.15, -0.1) is 0 Å². The van der Waals surface area contributed by atoms with Gasteiger partial charge in [0.15, 0.2) is 16.2 Å². The van der Waals surface area contributed by atoms with Crippen LogP contribution in [0.4, 0.5) is 8.78 Å². The second-order valence-electron chi connectivity index (χ2n) is 7.40. The van der Waals surface area contributed by atoms with Crippen LogP contribution in [0.1, 0.15) is 35.2 Å². The Bertz CT molecular complexity index is 1440. The summed E-state index contributed by atoms with van der Waals surface area (Å²) < 4.78 is 50.0. The van der Waals surface area contributed by atoms with Crippen LogP contribution in [0, 0.1) is 18.6 Å². The van der Waals surface area contributed by atoms with Crippen LogP contribution in [-0.4, -0.2) is 33.6 Å². The lowest BCUT2D eigenvalue weighted by molar-refractivity contribution is -0.143. The second kappa shape index (κ2) is 10.2. The van der Waals surface area contributed by atoms with Crippen LogP contribution < -0.4 is 10.5 Å². The molecule has 2 aromatic carbocycles. The molecule has 0 aliphatic heterocycles. The first-order valence-corrected chi connectivity index (χ1v) is 11.1. The van der Waals surface area contributed by atoms with Gasteiger partial charge in [0.1, 0.15) is 23.7 Å². The molecule has 0 aliphatic rings. The normalized spacial score (nSPS) is 11.8. The number of hydrogen-bond acceptors (Lipinski definition) is 9. The molecule has 0 fully saturated rings. The Balaban J connectivity index is 1.65. The summed E-state index contributed by atoms with van der Waals surface area (Å²) in [4.78, 5) is 31.4. The van der Waals surface area contributed by atoms with E-state index < -0.39 is 47.5 Å². The Hall–Kier alpha value is -4.13. The number of aryl methyl sites for hydroxylation is 1. The molecule has 4 rings (SSSR count). The van der Waals surface area contributed by atoms with Crippen LogP contribution in [-0.2, 0) is 9.53 Å². The van der Waals surface area contributed by atoms with Gasteiger partial charge in [0.05, 0.1) is 0 Å². The molecular weight excluding hydrogens is 546 g/mol. The monoisotopic (exact) mass is 562 g/mol. The van der Waals surface area contributed by atoms with Crippen LogP contribution >= 0.6 is 15.9 Å². The van der Waals surface area contributed by atoms with E-state index in [1.165, 1.54) is 6.92 Å². The molecule has 2 N–H and O–H groups in total. The maximum absolute atomic E-state index is 14.7. The average Bonchev–Trinajstić information content (AvgIpc) is 3.43. The summed E-state index contributed by atoms with van der Waals surface area (Å²) in [6.45, 7) is 2.44. The van der Waals surface area contributed by atoms with Crippen LogP contribution in [0.2, 0.25) is 0 Å². The number of carbonyl (C=O) groups excluding carboxylic acids is 2. The summed E-state index contributed by atoms with van der Waals surface area (Å²) in [6, 6.07) is 8.79. The average molecular weight is 563 g/mol. The minimum atomic E-state index is -1.31. The van der Waals surface area contributed by atoms with E-state index in [4.69, 9.17) is 24.1 Å². The predicted molar refractivity (Wildman–Crippen MR) is 123 cm³/mol. The molecule has 186 valence electrons. The molecular formula is C23H17BrF2N4O6. The van der Waals surface area contributed by atoms with Crippen molar-refractivity contribution in [3.8, 4) is 28.4 Å². The lowest BCUT2D eigenvalue weighted by atomic mass is 10.1. The summed E-state index contributed by atoms with van der Waals surface area (Å²) >= 11 is 3.29. The largest absolute Gasteiger partial charge is 0.474 e. The topological polar surface area (TPSA) is 144 Å². The summed E-state index contributed by atoms with van der Waals surface area (Å²) in [6.07, 6.45) is -1.25. The summed E-state index contributed by atoms with van der Waals surface area (Å²) in [5.41, 5.74) is 5.82. The van der Waals surface area contributed by atoms with Crippen LogP contribution in [0.15, 0.2) is 50.0 Å². The smallest absolute Gasteiger partial charge is 0.302 e. The first-order valence-electron chi connectivity index (χ1n) is 10.3. The van der Waals surface area contributed by atoms with Crippen LogP contribution in [0.25, 0.3) is 22.6 Å². The van der Waals surface area contributed by atoms with E-state index in [0.717, 1.165) is 12.1 Å². The predicted octanol–water partition coefficient (Wildman–Crippen LogP) is 4.52. The third-order valence-electron chi connectivity index (χ3n) is 4.83. The third-order valence-corrected chi connectivity index (χ3v) is 5.37. The van der Waals surface area contributed by atoms with Gasteiger partial charge in [-0.05, 0) is 28.1 Å². The molecule has 2 heterocycles. The number of amides is 1. The number of esters is 1. The molecule has 10 nitrogen and oxygen atoms in total. The zero-order valence-corrected chi connectivity index (χ0v) is 20.3. The van der Waals surface area contributed by atoms with Gasteiger partial charge in [-0.25, -0.2) is 13.8 Å². The number of benzene rings is 2. The van der Waals surface area contributed by atoms with Crippen molar-refractivity contribution in [1.82, 2.24) is 15.1 Å². The first kappa shape index (κ1) is 25.0. The highest BCUT2D eigenvalue weighted by molar-refractivity contribution is 9.10. The first-order chi connectivity index (χ1) is 17.1. The van der Waals surface area contributed by atoms with Crippen LogP contribution in [0.3, 0.4) is 0 Å². The third kappa shape index (κ3) is 5.25. The quantitative estimate of drug-likeness (QED) is 0.306. The number of ether oxygens (including phenoxy) is 2. The zero-order valence-electron chi connectivity index (χ0n) is 18.8. The van der Waals surface area contributed by atoms with Crippen molar-refractivity contribution in [2.45, 2.75) is 20.0 Å². The van der Waals surface area contributed by atoms with E-state index in [-0.39, 0.29) is 10.6 Å². The molecule has 0 spiro atoms. The number of primary amides is 1. The van der Waals surface area contributed by atoms with Crippen molar-refractivity contribution in [2.75, 3.05) is 6.61 Å². The summed E-state index contributed by atoms with van der Waals surface area (Å²) in [7, 11) is 0. The highest BCUT2D eigenvalue weighted by atomic mass is 79.9. The van der Waals surface area contributed by atoms with E-state index in [1.54, 1.807) is 31.2 Å². The SMILES string of the molecule is CC(=O)OCC(Oc1ccc(F)c(C(N)=O)c1F)c1nc(-c2ccc(-c3noc(C)n3)cc2)c(Br)o1. The maximum Gasteiger partial charge on any atom is 0.302 e. The van der Waals surface area contributed by atoms with E-state index in [0.29, 0.717) is 28.5 Å². The molecule has 0 aliphatic carbocycles. The van der Waals surface area contributed by atoms with Crippen molar-refractivity contribution in [3.63, 3.8) is 0 Å². The molecule has 4 aromatic rings. The fraction of sp³-hybridized carbons (Fsp3) is 0.174. The summed E-state index contributed by atoms with van der Waals surface area (Å²) in [5, 5.41) is 3.87. The van der Waals surface area contributed by atoms with Crippen molar-refractivity contribution < 1.29 is 36.8 Å². The van der Waals surface area contributed by atoms with Crippen molar-refractivity contribution in [1.29, 1.82) is 0 Å². The molecule has 1 amide bonds. The molecule has 0 saturated carbocycles. The molecule has 36 heavy (non-hydrogen) atoms. The Kier molecular flexibility index (Phi) is 7.10. The number of halogens is 3. The number of nitrogens with two attached hydrogens (primary N) is 1. The van der Waals surface area contributed by atoms with Gasteiger partial charge in [0.25, 0.3) is 5.91 Å². The summed E-state index contributed by atoms with van der Waals surface area (Å²) in [5.74, 6) is -4.16. The van der Waals surface area contributed by atoms with Gasteiger partial charge in [-0.3, -0.25) is 9.59 Å². The van der Waals surface area contributed by atoms with Gasteiger partial charge in [-0.1, -0.05) is 29.4 Å². The van der Waals surface area contributed by atoms with E-state index in [1.807, 2.05) is 0 Å². The van der Waals surface area contributed by atoms with Gasteiger partial charge < -0.3 is 24.1 Å². The van der Waals surface area contributed by atoms with Crippen molar-refractivity contribution >= 4 is 27.8 Å². The number of rotatable bonds is 8. The molecule has 0 saturated heterocycles. The number of carbonyl (C=O) groups is 2. The van der Waals surface area contributed by atoms with Crippen molar-refractivity contribution in [3.05, 3.63) is 70.0 Å². The molecule has 0 bridgehead atoms. The van der Waals surface area contributed by atoms with E-state index in [9.17, 15) is 18.4 Å². The zero-order chi connectivity index (χ0) is 26.0. The molecule has 1 atom stereocenters. The maximum atomic E-state index is 14.7. The number of oxazole rings is 1. The molecule has 2 aromatic heterocycles. The highest BCUT2D eigenvalue weighted by Gasteiger charge is 2.27. The minimum Gasteiger partial charge on any atom is -0.474 e. The Morgan fingerprint density at radius 3 is 2.42 bits per heavy atom. The van der Waals surface area contributed by atoms with E-state index in [2.05, 4.69) is 31.1 Å². The van der Waals surface area contributed by atoms with Gasteiger partial charge in [-0.2, -0.15) is 4.98 Å². The number of nitrogens with zero attached hydrogens (tertiary/aromatic N) is 3. The Morgan fingerprint density at radius 2 is 1.81 bits per heavy atom. The minimum absolute atomic E-state index is 0.0830. The van der Waals surface area contributed by atoms with Gasteiger partial charge in [0.2, 0.25) is 23.7 Å². The van der Waals surface area contributed by atoms with E-state index >= 15 is 0 Å². The lowest BCUT2D eigenvalue weighted by Gasteiger charge is -2.17. The second-order valence-corrected chi connectivity index (χ2v) is 8.12. The highest BCUT2D eigenvalue weighted by Crippen LogP contribution is 2.34. The van der Waals surface area contributed by atoms with Crippen molar-refractivity contribution in [2.24, 2.45) is 5.73 Å². The molecule has 13 heteroatoms. The van der Waals surface area contributed by atoms with Gasteiger partial charge in [0, 0.05) is 25.0 Å². The Labute approximate surface area is 210 Å². The van der Waals surface area contributed by atoms with Gasteiger partial charge >= 0.3 is 5.97 Å². The number of aromatic nitrogens is 3. The fourth-order valence-corrected chi connectivity index (χ4v) is 3.66. The number of hydrogen-bond donors (Lipinski definition) is 1. The molecule has 0 radical (unpaired) electrons. The lowest BCUT2D eigenvalue weighted by Crippen LogP contribution is -2.20. The molecule has 1 unspecified atom stereocenters.